The molecule has 4 rings (SSSR count). The lowest BCUT2D eigenvalue weighted by Crippen LogP contribution is -3.13. The van der Waals surface area contributed by atoms with Gasteiger partial charge in [-0.3, -0.25) is 4.79 Å². The molecule has 2 aromatic rings. The highest BCUT2D eigenvalue weighted by Crippen LogP contribution is 2.20. The molecule has 0 aromatic heterocycles. The number of benzene rings is 2. The van der Waals surface area contributed by atoms with Crippen LogP contribution in [0.2, 0.25) is 0 Å². The first kappa shape index (κ1) is 21.7. The first-order chi connectivity index (χ1) is 15.2. The van der Waals surface area contributed by atoms with Gasteiger partial charge in [0.15, 0.2) is 0 Å². The number of hydrogen-bond donors (Lipinski definition) is 3. The minimum absolute atomic E-state index is 0.105. The van der Waals surface area contributed by atoms with E-state index in [2.05, 4.69) is 70.1 Å². The Morgan fingerprint density at radius 3 is 2.35 bits per heavy atom. The van der Waals surface area contributed by atoms with Gasteiger partial charge in [0.2, 0.25) is 5.91 Å². The maximum Gasteiger partial charge on any atom is 0.242 e. The Balaban J connectivity index is 1.23. The summed E-state index contributed by atoms with van der Waals surface area (Å²) in [5, 5.41) is 6.57. The zero-order chi connectivity index (χ0) is 21.5. The normalized spacial score (nSPS) is 19.1. The molecule has 2 aliphatic rings. The summed E-state index contributed by atoms with van der Waals surface area (Å²) in [7, 11) is 0. The second kappa shape index (κ2) is 10.7. The molecule has 1 saturated heterocycles. The summed E-state index contributed by atoms with van der Waals surface area (Å²) >= 11 is 0. The Morgan fingerprint density at radius 2 is 1.68 bits per heavy atom. The summed E-state index contributed by atoms with van der Waals surface area (Å²) in [5.74, 6) is 0.105. The monoisotopic (exact) mass is 421 g/mol. The van der Waals surface area contributed by atoms with Crippen LogP contribution >= 0.6 is 0 Å². The number of hydrogen-bond acceptors (Lipinski definition) is 3. The van der Waals surface area contributed by atoms with Gasteiger partial charge in [-0.2, -0.15) is 0 Å². The molecule has 5 nitrogen and oxygen atoms in total. The van der Waals surface area contributed by atoms with Crippen molar-refractivity contribution in [2.24, 2.45) is 0 Å². The second-order valence-electron chi connectivity index (χ2n) is 9.16. The number of nitrogens with one attached hydrogen (secondary N) is 3. The molecule has 0 bridgehead atoms. The number of piperazine rings is 1. The van der Waals surface area contributed by atoms with Crippen LogP contribution in [0.25, 0.3) is 0 Å². The molecule has 1 aliphatic heterocycles. The van der Waals surface area contributed by atoms with E-state index < -0.39 is 0 Å². The molecule has 1 amide bonds. The number of rotatable bonds is 7. The van der Waals surface area contributed by atoms with E-state index in [1.807, 2.05) is 6.92 Å². The highest BCUT2D eigenvalue weighted by molar-refractivity contribution is 5.84. The molecule has 31 heavy (non-hydrogen) atoms. The van der Waals surface area contributed by atoms with Gasteiger partial charge in [-0.05, 0) is 44.0 Å². The molecular weight excluding hydrogens is 384 g/mol. The van der Waals surface area contributed by atoms with Crippen molar-refractivity contribution in [3.8, 4) is 0 Å². The van der Waals surface area contributed by atoms with E-state index in [0.29, 0.717) is 6.04 Å². The maximum atomic E-state index is 12.5. The third-order valence-electron chi connectivity index (χ3n) is 6.73. The zero-order valence-corrected chi connectivity index (χ0v) is 18.8. The second-order valence-corrected chi connectivity index (χ2v) is 9.16. The van der Waals surface area contributed by atoms with Crippen LogP contribution in [-0.4, -0.2) is 44.2 Å². The van der Waals surface area contributed by atoms with Crippen LogP contribution in [0.4, 0.5) is 11.4 Å². The van der Waals surface area contributed by atoms with E-state index in [1.54, 1.807) is 4.90 Å². The lowest BCUT2D eigenvalue weighted by atomic mass is 9.95. The Labute approximate surface area is 186 Å². The molecule has 2 aromatic carbocycles. The Morgan fingerprint density at radius 1 is 1.00 bits per heavy atom. The lowest BCUT2D eigenvalue weighted by molar-refractivity contribution is -0.914. The maximum absolute atomic E-state index is 12.5. The van der Waals surface area contributed by atoms with Crippen molar-refractivity contribution >= 4 is 17.3 Å². The number of carbonyl (C=O) groups excluding carboxylic acids is 1. The van der Waals surface area contributed by atoms with Crippen LogP contribution < -0.4 is 20.4 Å². The van der Waals surface area contributed by atoms with E-state index in [0.717, 1.165) is 51.3 Å². The molecule has 0 spiro atoms. The van der Waals surface area contributed by atoms with Gasteiger partial charge < -0.3 is 20.4 Å². The third-order valence-corrected chi connectivity index (χ3v) is 6.73. The minimum atomic E-state index is -0.224. The summed E-state index contributed by atoms with van der Waals surface area (Å²) in [6.07, 6.45) is 6.00. The van der Waals surface area contributed by atoms with E-state index >= 15 is 0 Å². The summed E-state index contributed by atoms with van der Waals surface area (Å²) in [5.41, 5.74) is 3.69. The van der Waals surface area contributed by atoms with Gasteiger partial charge in [0.1, 0.15) is 12.6 Å². The Hall–Kier alpha value is -2.53. The van der Waals surface area contributed by atoms with Gasteiger partial charge in [-0.25, -0.2) is 0 Å². The zero-order valence-electron chi connectivity index (χ0n) is 18.8. The molecule has 5 heteroatoms. The van der Waals surface area contributed by atoms with Crippen LogP contribution in [0.3, 0.4) is 0 Å². The summed E-state index contributed by atoms with van der Waals surface area (Å²) in [6, 6.07) is 19.5. The highest BCUT2D eigenvalue weighted by Gasteiger charge is 2.21. The van der Waals surface area contributed by atoms with Crippen LogP contribution in [0.15, 0.2) is 54.6 Å². The summed E-state index contributed by atoms with van der Waals surface area (Å²) < 4.78 is 0. The highest BCUT2D eigenvalue weighted by atomic mass is 16.2. The molecule has 166 valence electrons. The van der Waals surface area contributed by atoms with Gasteiger partial charge >= 0.3 is 0 Å². The fourth-order valence-corrected chi connectivity index (χ4v) is 4.80. The van der Waals surface area contributed by atoms with Gasteiger partial charge in [0.05, 0.1) is 26.2 Å². The van der Waals surface area contributed by atoms with Crippen LogP contribution in [0, 0.1) is 0 Å². The number of quaternary nitrogens is 1. The van der Waals surface area contributed by atoms with E-state index in [4.69, 9.17) is 0 Å². The lowest BCUT2D eigenvalue weighted by Gasteiger charge is -2.33. The smallest absolute Gasteiger partial charge is 0.242 e. The average molecular weight is 422 g/mol. The van der Waals surface area contributed by atoms with Crippen molar-refractivity contribution in [3.05, 3.63) is 60.2 Å². The minimum Gasteiger partial charge on any atom is -0.374 e. The predicted molar refractivity (Wildman–Crippen MR) is 128 cm³/mol. The van der Waals surface area contributed by atoms with Gasteiger partial charge in [-0.15, -0.1) is 0 Å². The third kappa shape index (κ3) is 6.23. The molecular formula is C26H37N4O+. The van der Waals surface area contributed by atoms with E-state index in [9.17, 15) is 4.79 Å². The van der Waals surface area contributed by atoms with Crippen LogP contribution in [0.5, 0.6) is 0 Å². The van der Waals surface area contributed by atoms with Gasteiger partial charge in [0.25, 0.3) is 0 Å². The van der Waals surface area contributed by atoms with E-state index in [-0.39, 0.29) is 11.9 Å². The van der Waals surface area contributed by atoms with Crippen molar-refractivity contribution in [1.29, 1.82) is 0 Å². The molecule has 0 radical (unpaired) electrons. The molecule has 1 aliphatic carbocycles. The molecule has 3 N–H and O–H groups in total. The molecule has 1 atom stereocenters. The van der Waals surface area contributed by atoms with Crippen molar-refractivity contribution in [1.82, 2.24) is 5.32 Å². The van der Waals surface area contributed by atoms with Crippen molar-refractivity contribution in [2.75, 3.05) is 36.4 Å². The molecule has 0 unspecified atom stereocenters. The number of nitrogens with zero attached hydrogens (tertiary/aromatic N) is 1. The Kier molecular flexibility index (Phi) is 7.47. The summed E-state index contributed by atoms with van der Waals surface area (Å²) in [4.78, 5) is 16.6. The molecule has 1 saturated carbocycles. The van der Waals surface area contributed by atoms with Gasteiger partial charge in [0, 0.05) is 23.0 Å². The first-order valence-electron chi connectivity index (χ1n) is 12.0. The fraction of sp³-hybridized carbons (Fsp3) is 0.500. The summed E-state index contributed by atoms with van der Waals surface area (Å²) in [6.45, 7) is 7.53. The first-order valence-corrected chi connectivity index (χ1v) is 12.0. The standard InChI is InChI=1S/C26H36N4O/c1-21(26(31)28-23-10-6-3-7-11-23)27-24-12-14-25(15-13-24)30-18-16-29(17-19-30)20-22-8-4-2-5-9-22/h2,4-5,8-9,12-15,21,23,27H,3,6-7,10-11,16-20H2,1H3,(H,28,31)/p+1/t21-/m0/s1. The van der Waals surface area contributed by atoms with E-state index in [1.165, 1.54) is 30.5 Å². The average Bonchev–Trinajstić information content (AvgIpc) is 2.81. The number of carbonyl (C=O) groups is 1. The largest absolute Gasteiger partial charge is 0.374 e. The topological polar surface area (TPSA) is 48.8 Å². The molecule has 2 fully saturated rings. The number of amides is 1. The van der Waals surface area contributed by atoms with Crippen molar-refractivity contribution in [2.45, 2.75) is 57.7 Å². The van der Waals surface area contributed by atoms with Crippen molar-refractivity contribution in [3.63, 3.8) is 0 Å². The van der Waals surface area contributed by atoms with Crippen LogP contribution in [-0.2, 0) is 11.3 Å². The fourth-order valence-electron chi connectivity index (χ4n) is 4.80. The van der Waals surface area contributed by atoms with Crippen LogP contribution in [0.1, 0.15) is 44.6 Å². The number of anilines is 2. The quantitative estimate of drug-likeness (QED) is 0.644. The molecule has 1 heterocycles. The Bertz CT molecular complexity index is 809. The van der Waals surface area contributed by atoms with Gasteiger partial charge in [-0.1, -0.05) is 49.6 Å². The predicted octanol–water partition coefficient (Wildman–Crippen LogP) is 2.84. The SMILES string of the molecule is C[C@H](Nc1ccc(N2CC[NH+](Cc3ccccc3)CC2)cc1)C(=O)NC1CCCCC1. The van der Waals surface area contributed by atoms with Crippen molar-refractivity contribution < 1.29 is 9.69 Å².